The van der Waals surface area contributed by atoms with Crippen LogP contribution in [-0.4, -0.2) is 49.9 Å². The number of carboxylic acids is 4. The van der Waals surface area contributed by atoms with Crippen LogP contribution in [0, 0.1) is 0 Å². The van der Waals surface area contributed by atoms with Gasteiger partial charge in [-0.2, -0.15) is 0 Å². The molecule has 9 nitrogen and oxygen atoms in total. The molecule has 0 aromatic rings. The first-order valence-electron chi connectivity index (χ1n) is 12.1. The summed E-state index contributed by atoms with van der Waals surface area (Å²) in [5.41, 5.74) is -2.80. The first-order chi connectivity index (χ1) is 15.5. The van der Waals surface area contributed by atoms with E-state index in [1.807, 2.05) is 0 Å². The van der Waals surface area contributed by atoms with Crippen LogP contribution in [0.4, 0.5) is 0 Å². The van der Waals surface area contributed by atoms with Crippen molar-refractivity contribution in [2.24, 2.45) is 0 Å². The zero-order valence-electron chi connectivity index (χ0n) is 21.1. The number of carbonyl (C=O) groups is 4. The van der Waals surface area contributed by atoms with E-state index in [9.17, 15) is 24.3 Å². The van der Waals surface area contributed by atoms with E-state index in [-0.39, 0.29) is 29.6 Å². The number of rotatable bonds is 21. The monoisotopic (exact) mass is 498 g/mol. The summed E-state index contributed by atoms with van der Waals surface area (Å²) in [6.45, 7) is 2.27. The molecule has 34 heavy (non-hydrogen) atoms. The largest absolute Gasteiger partial charge is 1.00 e. The van der Waals surface area contributed by atoms with Crippen molar-refractivity contribution in [3.8, 4) is 0 Å². The van der Waals surface area contributed by atoms with Gasteiger partial charge >= 0.3 is 47.5 Å². The van der Waals surface area contributed by atoms with Crippen molar-refractivity contribution in [2.45, 2.75) is 128 Å². The molecule has 0 amide bonds. The third-order valence-electron chi connectivity index (χ3n) is 5.27. The Hall–Kier alpha value is -1.16. The molecule has 0 spiro atoms. The average molecular weight is 499 g/mol. The summed E-state index contributed by atoms with van der Waals surface area (Å²) >= 11 is 0. The predicted octanol–water partition coefficient (Wildman–Crippen LogP) is 0.753. The van der Waals surface area contributed by atoms with Crippen LogP contribution in [0.2, 0.25) is 0 Å². The number of carbonyl (C=O) groups excluding carboxylic acids is 1. The van der Waals surface area contributed by atoms with Gasteiger partial charge in [0.25, 0.3) is 0 Å². The first-order valence-corrected chi connectivity index (χ1v) is 12.1. The minimum atomic E-state index is -2.80. The van der Waals surface area contributed by atoms with Gasteiger partial charge in [-0.25, -0.2) is 4.79 Å². The molecule has 0 bridgehead atoms. The molecule has 0 saturated carbocycles. The zero-order valence-corrected chi connectivity index (χ0v) is 23.1. The van der Waals surface area contributed by atoms with E-state index in [0.29, 0.717) is 6.42 Å². The Morgan fingerprint density at radius 2 is 0.971 bits per heavy atom. The number of carboxylic acid groups (broad SMARTS) is 4. The molecule has 0 aliphatic carbocycles. The molecule has 0 aliphatic heterocycles. The summed E-state index contributed by atoms with van der Waals surface area (Å²) in [5, 5.41) is 44.0. The van der Waals surface area contributed by atoms with Crippen molar-refractivity contribution >= 4 is 23.9 Å². The van der Waals surface area contributed by atoms with Crippen molar-refractivity contribution in [2.75, 3.05) is 0 Å². The second kappa shape index (κ2) is 24.9. The summed E-state index contributed by atoms with van der Waals surface area (Å²) in [6, 6.07) is 0. The summed E-state index contributed by atoms with van der Waals surface area (Å²) in [6.07, 6.45) is 17.8. The van der Waals surface area contributed by atoms with Gasteiger partial charge in [-0.05, 0) is 6.42 Å². The summed E-state index contributed by atoms with van der Waals surface area (Å²) in [7, 11) is 0. The average Bonchev–Trinajstić information content (AvgIpc) is 2.70. The van der Waals surface area contributed by atoms with E-state index < -0.39 is 42.3 Å². The van der Waals surface area contributed by atoms with Crippen molar-refractivity contribution in [3.63, 3.8) is 0 Å². The van der Waals surface area contributed by atoms with Crippen molar-refractivity contribution < 1.29 is 74.3 Å². The molecular formula is C24H43NaO9. The Morgan fingerprint density at radius 3 is 1.24 bits per heavy atom. The van der Waals surface area contributed by atoms with Gasteiger partial charge < -0.3 is 30.3 Å². The van der Waals surface area contributed by atoms with Gasteiger partial charge in [-0.1, -0.05) is 96.8 Å². The van der Waals surface area contributed by atoms with Crippen LogP contribution in [0.15, 0.2) is 0 Å². The van der Waals surface area contributed by atoms with Gasteiger partial charge in [-0.3, -0.25) is 9.59 Å². The first kappa shape index (κ1) is 37.4. The number of aliphatic carboxylic acids is 4. The maximum Gasteiger partial charge on any atom is 1.00 e. The molecule has 0 aromatic carbocycles. The summed E-state index contributed by atoms with van der Waals surface area (Å²) in [5.74, 6) is -5.99. The molecule has 1 atom stereocenters. The minimum absolute atomic E-state index is 0. The van der Waals surface area contributed by atoms with Gasteiger partial charge in [0.1, 0.15) is 0 Å². The summed E-state index contributed by atoms with van der Waals surface area (Å²) < 4.78 is 0. The fourth-order valence-electron chi connectivity index (χ4n) is 3.35. The molecule has 0 aliphatic rings. The second-order valence-corrected chi connectivity index (χ2v) is 8.55. The van der Waals surface area contributed by atoms with Crippen LogP contribution in [0.1, 0.15) is 122 Å². The van der Waals surface area contributed by atoms with Crippen molar-refractivity contribution in [3.05, 3.63) is 0 Å². The molecule has 0 rings (SSSR count). The van der Waals surface area contributed by atoms with Crippen LogP contribution in [-0.2, 0) is 19.2 Å². The molecule has 4 N–H and O–H groups in total. The number of hydrogen-bond donors (Lipinski definition) is 4. The maximum atomic E-state index is 10.3. The maximum absolute atomic E-state index is 10.3. The normalized spacial score (nSPS) is 11.9. The summed E-state index contributed by atoms with van der Waals surface area (Å²) in [4.78, 5) is 40.7. The van der Waals surface area contributed by atoms with Gasteiger partial charge in [0, 0.05) is 18.8 Å². The van der Waals surface area contributed by atoms with Gasteiger partial charge in [0.15, 0.2) is 5.60 Å². The predicted molar refractivity (Wildman–Crippen MR) is 122 cm³/mol. The third-order valence-corrected chi connectivity index (χ3v) is 5.27. The molecule has 0 aromatic heterocycles. The fraction of sp³-hybridized carbons (Fsp3) is 0.833. The minimum Gasteiger partial charge on any atom is -0.550 e. The quantitative estimate of drug-likeness (QED) is 0.132. The Bertz CT molecular complexity index is 537. The van der Waals surface area contributed by atoms with Crippen molar-refractivity contribution in [1.82, 2.24) is 0 Å². The number of aliphatic hydroxyl groups is 1. The van der Waals surface area contributed by atoms with Gasteiger partial charge in [0.2, 0.25) is 0 Å². The Labute approximate surface area is 225 Å². The molecular weight excluding hydrogens is 455 g/mol. The molecule has 0 radical (unpaired) electrons. The SMILES string of the molecule is CCCCCCCCCCCCCCCCCC(=O)O.O=C([O-])CC(O)(CC(=O)O)C(=O)O.[Na+]. The van der Waals surface area contributed by atoms with E-state index >= 15 is 0 Å². The Kier molecular flexibility index (Phi) is 27.4. The fourth-order valence-corrected chi connectivity index (χ4v) is 3.35. The molecule has 194 valence electrons. The molecule has 0 heterocycles. The van der Waals surface area contributed by atoms with E-state index in [0.717, 1.165) is 12.8 Å². The van der Waals surface area contributed by atoms with Crippen molar-refractivity contribution in [1.29, 1.82) is 0 Å². The number of unbranched alkanes of at least 4 members (excludes halogenated alkanes) is 14. The Balaban J connectivity index is -0.000000598. The zero-order chi connectivity index (χ0) is 25.5. The second-order valence-electron chi connectivity index (χ2n) is 8.55. The van der Waals surface area contributed by atoms with Gasteiger partial charge in [0.05, 0.1) is 6.42 Å². The van der Waals surface area contributed by atoms with E-state index in [4.69, 9.17) is 20.4 Å². The van der Waals surface area contributed by atoms with E-state index in [1.165, 1.54) is 83.5 Å². The van der Waals surface area contributed by atoms with Crippen LogP contribution in [0.3, 0.4) is 0 Å². The van der Waals surface area contributed by atoms with E-state index in [1.54, 1.807) is 0 Å². The standard InChI is InChI=1S/C18H36O2.C6H8O7.Na/c1-2-3-4-5-6-7-8-9-10-11-12-13-14-15-16-17-18(19)20;7-3(8)1-6(13,5(11)12)2-4(9)10;/h2-17H2,1H3,(H,19,20);13H,1-2H2,(H,7,8)(H,9,10)(H,11,12);/q;;+1/p-1. The van der Waals surface area contributed by atoms with Crippen LogP contribution >= 0.6 is 0 Å². The topological polar surface area (TPSA) is 172 Å². The molecule has 0 saturated heterocycles. The third kappa shape index (κ3) is 27.1. The smallest absolute Gasteiger partial charge is 0.550 e. The molecule has 1 unspecified atom stereocenters. The number of hydrogen-bond acceptors (Lipinski definition) is 6. The van der Waals surface area contributed by atoms with Crippen LogP contribution in [0.5, 0.6) is 0 Å². The Morgan fingerprint density at radius 1 is 0.618 bits per heavy atom. The van der Waals surface area contributed by atoms with Gasteiger partial charge in [-0.15, -0.1) is 0 Å². The molecule has 10 heteroatoms. The van der Waals surface area contributed by atoms with Crippen LogP contribution < -0.4 is 34.7 Å². The van der Waals surface area contributed by atoms with E-state index in [2.05, 4.69) is 6.92 Å². The molecule has 0 fully saturated rings. The van der Waals surface area contributed by atoms with Crippen LogP contribution in [0.25, 0.3) is 0 Å².